The van der Waals surface area contributed by atoms with Crippen molar-refractivity contribution < 1.29 is 13.2 Å². The Kier molecular flexibility index (Phi) is 5.26. The second kappa shape index (κ2) is 6.96. The van der Waals surface area contributed by atoms with E-state index in [4.69, 9.17) is 16.3 Å². The van der Waals surface area contributed by atoms with Gasteiger partial charge < -0.3 is 4.74 Å². The van der Waals surface area contributed by atoms with Crippen LogP contribution >= 0.6 is 11.6 Å². The third-order valence-corrected chi connectivity index (χ3v) is 4.68. The molecule has 2 aromatic rings. The summed E-state index contributed by atoms with van der Waals surface area (Å²) in [5.74, 6) is 0.540. The van der Waals surface area contributed by atoms with Crippen molar-refractivity contribution in [3.63, 3.8) is 0 Å². The molecule has 0 atom stereocenters. The maximum Gasteiger partial charge on any atom is 0.158 e. The maximum atomic E-state index is 12.3. The van der Waals surface area contributed by atoms with Gasteiger partial charge in [0.2, 0.25) is 0 Å². The Morgan fingerprint density at radius 3 is 2.52 bits per heavy atom. The van der Waals surface area contributed by atoms with Crippen molar-refractivity contribution in [3.05, 3.63) is 64.7 Å². The van der Waals surface area contributed by atoms with Gasteiger partial charge >= 0.3 is 0 Å². The van der Waals surface area contributed by atoms with Gasteiger partial charge in [0.05, 0.1) is 18.1 Å². The highest BCUT2D eigenvalue weighted by atomic mass is 35.5. The molecule has 0 aliphatic carbocycles. The first-order chi connectivity index (χ1) is 10.00. The average molecular weight is 325 g/mol. The molecule has 0 radical (unpaired) electrons. The molecule has 2 rings (SSSR count). The molecule has 0 N–H and O–H groups in total. The van der Waals surface area contributed by atoms with E-state index in [1.54, 1.807) is 36.4 Å². The monoisotopic (exact) mass is 324 g/mol. The number of sulfone groups is 1. The summed E-state index contributed by atoms with van der Waals surface area (Å²) in [6.45, 7) is 2.38. The normalized spacial score (nSPS) is 11.3. The number of hydrogen-bond donors (Lipinski definition) is 0. The highest BCUT2D eigenvalue weighted by molar-refractivity contribution is 7.89. The lowest BCUT2D eigenvalue weighted by Gasteiger charge is -2.10. The minimum Gasteiger partial charge on any atom is -0.494 e. The van der Waals surface area contributed by atoms with Gasteiger partial charge in [0.15, 0.2) is 9.84 Å². The first kappa shape index (κ1) is 15.9. The van der Waals surface area contributed by atoms with Crippen LogP contribution in [0.3, 0.4) is 0 Å². The molecule has 0 amide bonds. The van der Waals surface area contributed by atoms with Gasteiger partial charge in [-0.25, -0.2) is 8.42 Å². The molecule has 0 aliphatic rings. The fraction of sp³-hybridized carbons (Fsp3) is 0.250. The van der Waals surface area contributed by atoms with Crippen molar-refractivity contribution in [2.24, 2.45) is 0 Å². The third-order valence-electron chi connectivity index (χ3n) is 2.92. The Balaban J connectivity index is 2.18. The van der Waals surface area contributed by atoms with Gasteiger partial charge in [0.1, 0.15) is 5.75 Å². The summed E-state index contributed by atoms with van der Waals surface area (Å²) in [5.41, 5.74) is 1.37. The third kappa shape index (κ3) is 4.76. The van der Waals surface area contributed by atoms with Gasteiger partial charge in [-0.2, -0.15) is 0 Å². The summed E-state index contributed by atoms with van der Waals surface area (Å²) in [6.07, 6.45) is 0. The van der Waals surface area contributed by atoms with Crippen LogP contribution in [0.2, 0.25) is 5.02 Å². The molecule has 5 heteroatoms. The standard InChI is InChI=1S/C16H17ClO3S/c1-2-20-16-9-4-3-7-14(16)12-21(18,19)11-13-6-5-8-15(17)10-13/h3-10H,2,11-12H2,1H3. The molecule has 112 valence electrons. The topological polar surface area (TPSA) is 43.4 Å². The van der Waals surface area contributed by atoms with Crippen molar-refractivity contribution in [1.29, 1.82) is 0 Å². The smallest absolute Gasteiger partial charge is 0.158 e. The Labute approximate surface area is 130 Å². The van der Waals surface area contributed by atoms with E-state index in [2.05, 4.69) is 0 Å². The Hall–Kier alpha value is -1.52. The van der Waals surface area contributed by atoms with Crippen LogP contribution in [-0.4, -0.2) is 15.0 Å². The number of hydrogen-bond acceptors (Lipinski definition) is 3. The minimum atomic E-state index is -3.28. The van der Waals surface area contributed by atoms with Crippen LogP contribution in [0.15, 0.2) is 48.5 Å². The predicted molar refractivity (Wildman–Crippen MR) is 85.4 cm³/mol. The summed E-state index contributed by atoms with van der Waals surface area (Å²) >= 11 is 5.89. The predicted octanol–water partition coefficient (Wildman–Crippen LogP) is 3.85. The molecule has 0 heterocycles. The van der Waals surface area contributed by atoms with E-state index in [9.17, 15) is 8.42 Å². The zero-order valence-corrected chi connectivity index (χ0v) is 13.3. The van der Waals surface area contributed by atoms with Crippen LogP contribution in [-0.2, 0) is 21.3 Å². The lowest BCUT2D eigenvalue weighted by molar-refractivity contribution is 0.337. The van der Waals surface area contributed by atoms with Gasteiger partial charge in [-0.3, -0.25) is 0 Å². The van der Waals surface area contributed by atoms with Crippen LogP contribution < -0.4 is 4.74 Å². The van der Waals surface area contributed by atoms with E-state index in [1.165, 1.54) is 0 Å². The van der Waals surface area contributed by atoms with Gasteiger partial charge in [-0.1, -0.05) is 41.9 Å². The molecule has 0 saturated heterocycles. The fourth-order valence-electron chi connectivity index (χ4n) is 2.09. The second-order valence-corrected chi connectivity index (χ2v) is 7.20. The molecule has 0 unspecified atom stereocenters. The molecule has 21 heavy (non-hydrogen) atoms. The van der Waals surface area contributed by atoms with Crippen molar-refractivity contribution in [2.75, 3.05) is 6.61 Å². The molecule has 0 fully saturated rings. The summed E-state index contributed by atoms with van der Waals surface area (Å²) in [7, 11) is -3.28. The summed E-state index contributed by atoms with van der Waals surface area (Å²) < 4.78 is 30.1. The Bertz CT molecular complexity index is 711. The zero-order valence-electron chi connectivity index (χ0n) is 11.8. The average Bonchev–Trinajstić information content (AvgIpc) is 2.40. The minimum absolute atomic E-state index is 0.0337. The second-order valence-electron chi connectivity index (χ2n) is 4.70. The zero-order chi connectivity index (χ0) is 15.3. The van der Waals surface area contributed by atoms with Gasteiger partial charge in [-0.05, 0) is 30.7 Å². The van der Waals surface area contributed by atoms with Gasteiger partial charge in [0, 0.05) is 10.6 Å². The molecule has 0 spiro atoms. The van der Waals surface area contributed by atoms with Gasteiger partial charge in [-0.15, -0.1) is 0 Å². The van der Waals surface area contributed by atoms with E-state index in [0.717, 1.165) is 0 Å². The SMILES string of the molecule is CCOc1ccccc1CS(=O)(=O)Cc1cccc(Cl)c1. The number of halogens is 1. The molecule has 0 saturated carbocycles. The number of rotatable bonds is 6. The highest BCUT2D eigenvalue weighted by Gasteiger charge is 2.16. The highest BCUT2D eigenvalue weighted by Crippen LogP contribution is 2.22. The molecule has 0 aliphatic heterocycles. The van der Waals surface area contributed by atoms with Crippen LogP contribution in [0.5, 0.6) is 5.75 Å². The fourth-order valence-corrected chi connectivity index (χ4v) is 3.80. The maximum absolute atomic E-state index is 12.3. The largest absolute Gasteiger partial charge is 0.494 e. The number of para-hydroxylation sites is 1. The molecule has 0 bridgehead atoms. The number of ether oxygens (including phenoxy) is 1. The first-order valence-electron chi connectivity index (χ1n) is 6.66. The Morgan fingerprint density at radius 2 is 1.81 bits per heavy atom. The van der Waals surface area contributed by atoms with Crippen molar-refractivity contribution in [1.82, 2.24) is 0 Å². The summed E-state index contributed by atoms with van der Waals surface area (Å²) in [6, 6.07) is 14.1. The molecular formula is C16H17ClO3S. The molecule has 2 aromatic carbocycles. The van der Waals surface area contributed by atoms with E-state index < -0.39 is 9.84 Å². The lowest BCUT2D eigenvalue weighted by atomic mass is 10.2. The number of benzene rings is 2. The van der Waals surface area contributed by atoms with Crippen LogP contribution in [0, 0.1) is 0 Å². The van der Waals surface area contributed by atoms with Gasteiger partial charge in [0.25, 0.3) is 0 Å². The van der Waals surface area contributed by atoms with Crippen LogP contribution in [0.1, 0.15) is 18.1 Å². The van der Waals surface area contributed by atoms with E-state index >= 15 is 0 Å². The van der Waals surface area contributed by atoms with E-state index in [0.29, 0.717) is 28.5 Å². The molecular weight excluding hydrogens is 308 g/mol. The van der Waals surface area contributed by atoms with Crippen molar-refractivity contribution >= 4 is 21.4 Å². The summed E-state index contributed by atoms with van der Waals surface area (Å²) in [4.78, 5) is 0. The van der Waals surface area contributed by atoms with E-state index in [1.807, 2.05) is 19.1 Å². The molecule has 0 aromatic heterocycles. The Morgan fingerprint density at radius 1 is 1.05 bits per heavy atom. The lowest BCUT2D eigenvalue weighted by Crippen LogP contribution is -2.09. The summed E-state index contributed by atoms with van der Waals surface area (Å²) in [5, 5.41) is 0.539. The van der Waals surface area contributed by atoms with Crippen molar-refractivity contribution in [3.8, 4) is 5.75 Å². The van der Waals surface area contributed by atoms with E-state index in [-0.39, 0.29) is 11.5 Å². The molecule has 3 nitrogen and oxygen atoms in total. The quantitative estimate of drug-likeness (QED) is 0.810. The van der Waals surface area contributed by atoms with Crippen LogP contribution in [0.25, 0.3) is 0 Å². The van der Waals surface area contributed by atoms with Crippen molar-refractivity contribution in [2.45, 2.75) is 18.4 Å². The van der Waals surface area contributed by atoms with Crippen LogP contribution in [0.4, 0.5) is 0 Å². The first-order valence-corrected chi connectivity index (χ1v) is 8.85.